The summed E-state index contributed by atoms with van der Waals surface area (Å²) in [5, 5.41) is 3.20. The number of sulfonamides is 1. The van der Waals surface area contributed by atoms with Crippen molar-refractivity contribution in [3.8, 4) is 0 Å². The fourth-order valence-electron chi connectivity index (χ4n) is 1.93. The zero-order chi connectivity index (χ0) is 15.3. The van der Waals surface area contributed by atoms with E-state index < -0.39 is 10.0 Å². The average molecular weight is 296 g/mol. The Hall–Kier alpha value is -1.17. The Balaban J connectivity index is 3.13. The van der Waals surface area contributed by atoms with Gasteiger partial charge in [0.25, 0.3) is 0 Å². The summed E-state index contributed by atoms with van der Waals surface area (Å²) in [4.78, 5) is 0.372. The monoisotopic (exact) mass is 296 g/mol. The summed E-state index contributed by atoms with van der Waals surface area (Å²) < 4.78 is 26.5. The highest BCUT2D eigenvalue weighted by Crippen LogP contribution is 2.21. The molecule has 0 spiro atoms. The molecule has 112 valence electrons. The first-order chi connectivity index (χ1) is 9.28. The molecule has 0 radical (unpaired) electrons. The molecule has 1 rings (SSSR count). The van der Waals surface area contributed by atoms with E-state index in [2.05, 4.69) is 11.9 Å². The van der Waals surface area contributed by atoms with Crippen LogP contribution in [0.2, 0.25) is 0 Å². The third kappa shape index (κ3) is 4.16. The molecule has 1 aromatic carbocycles. The summed E-state index contributed by atoms with van der Waals surface area (Å²) in [5.41, 5.74) is 2.55. The van der Waals surface area contributed by atoms with Gasteiger partial charge in [0.05, 0.1) is 4.90 Å². The minimum absolute atomic E-state index is 0.333. The summed E-state index contributed by atoms with van der Waals surface area (Å²) >= 11 is 0. The number of benzene rings is 1. The highest BCUT2D eigenvalue weighted by atomic mass is 32.2. The second-order valence-corrected chi connectivity index (χ2v) is 7.11. The van der Waals surface area contributed by atoms with Gasteiger partial charge in [0.1, 0.15) is 0 Å². The summed E-state index contributed by atoms with van der Waals surface area (Å²) in [5.74, 6) is 0. The van der Waals surface area contributed by atoms with Gasteiger partial charge in [-0.05, 0) is 37.6 Å². The van der Waals surface area contributed by atoms with Crippen molar-refractivity contribution >= 4 is 10.0 Å². The topological polar surface area (TPSA) is 49.4 Å². The first kappa shape index (κ1) is 16.9. The molecule has 0 aliphatic carbocycles. The second-order valence-electron chi connectivity index (χ2n) is 5.10. The number of likely N-dealkylation sites (N-methyl/N-ethyl adjacent to an activating group) is 1. The van der Waals surface area contributed by atoms with Crippen molar-refractivity contribution in [2.75, 3.05) is 20.1 Å². The van der Waals surface area contributed by atoms with Crippen LogP contribution in [0.25, 0.3) is 0 Å². The SMILES string of the molecule is C=C(C)CN(C)S(=O)(=O)c1cc(CNCC)ccc1C. The van der Waals surface area contributed by atoms with Gasteiger partial charge in [0, 0.05) is 20.1 Å². The Bertz CT molecular complexity index is 580. The Morgan fingerprint density at radius 2 is 2.05 bits per heavy atom. The van der Waals surface area contributed by atoms with Crippen LogP contribution in [0.5, 0.6) is 0 Å². The Labute approximate surface area is 122 Å². The van der Waals surface area contributed by atoms with Crippen molar-refractivity contribution < 1.29 is 8.42 Å². The van der Waals surface area contributed by atoms with Gasteiger partial charge in [-0.15, -0.1) is 0 Å². The van der Waals surface area contributed by atoms with E-state index in [1.807, 2.05) is 32.9 Å². The van der Waals surface area contributed by atoms with E-state index in [0.717, 1.165) is 23.2 Å². The first-order valence-electron chi connectivity index (χ1n) is 6.70. The molecule has 0 aliphatic heterocycles. The standard InChI is InChI=1S/C15H24N2O2S/c1-6-16-10-14-8-7-13(4)15(9-14)20(18,19)17(5)11-12(2)3/h7-9,16H,2,6,10-11H2,1,3-5H3. The van der Waals surface area contributed by atoms with Gasteiger partial charge < -0.3 is 5.32 Å². The van der Waals surface area contributed by atoms with Crippen molar-refractivity contribution in [2.45, 2.75) is 32.2 Å². The van der Waals surface area contributed by atoms with Gasteiger partial charge in [0.15, 0.2) is 0 Å². The normalized spacial score (nSPS) is 11.8. The summed E-state index contributed by atoms with van der Waals surface area (Å²) in [6.45, 7) is 11.3. The van der Waals surface area contributed by atoms with Crippen LogP contribution in [0, 0.1) is 6.92 Å². The van der Waals surface area contributed by atoms with Gasteiger partial charge in [0.2, 0.25) is 10.0 Å². The number of rotatable bonds is 7. The van der Waals surface area contributed by atoms with E-state index >= 15 is 0 Å². The lowest BCUT2D eigenvalue weighted by Gasteiger charge is -2.19. The van der Waals surface area contributed by atoms with Crippen LogP contribution in [0.15, 0.2) is 35.2 Å². The molecular formula is C15H24N2O2S. The van der Waals surface area contributed by atoms with E-state index in [9.17, 15) is 8.42 Å². The lowest BCUT2D eigenvalue weighted by atomic mass is 10.1. The zero-order valence-electron chi connectivity index (χ0n) is 12.7. The van der Waals surface area contributed by atoms with Crippen molar-refractivity contribution in [1.29, 1.82) is 0 Å². The number of hydrogen-bond donors (Lipinski definition) is 1. The van der Waals surface area contributed by atoms with Crippen molar-refractivity contribution in [3.05, 3.63) is 41.5 Å². The minimum Gasteiger partial charge on any atom is -0.313 e. The predicted molar refractivity (Wildman–Crippen MR) is 83.2 cm³/mol. The van der Waals surface area contributed by atoms with Gasteiger partial charge in [-0.2, -0.15) is 4.31 Å². The third-order valence-electron chi connectivity index (χ3n) is 3.01. The van der Waals surface area contributed by atoms with Crippen LogP contribution in [-0.4, -0.2) is 32.9 Å². The van der Waals surface area contributed by atoms with E-state index in [1.54, 1.807) is 13.1 Å². The maximum Gasteiger partial charge on any atom is 0.243 e. The Morgan fingerprint density at radius 1 is 1.40 bits per heavy atom. The van der Waals surface area contributed by atoms with E-state index in [-0.39, 0.29) is 0 Å². The Kier molecular flexibility index (Phi) is 5.92. The molecule has 0 amide bonds. The first-order valence-corrected chi connectivity index (χ1v) is 8.14. The summed E-state index contributed by atoms with van der Waals surface area (Å²) in [7, 11) is -1.88. The smallest absolute Gasteiger partial charge is 0.243 e. The number of hydrogen-bond acceptors (Lipinski definition) is 3. The van der Waals surface area contributed by atoms with Crippen molar-refractivity contribution in [3.63, 3.8) is 0 Å². The molecule has 1 aromatic rings. The van der Waals surface area contributed by atoms with Crippen LogP contribution < -0.4 is 5.32 Å². The molecule has 0 fully saturated rings. The molecule has 0 aromatic heterocycles. The predicted octanol–water partition coefficient (Wildman–Crippen LogP) is 2.30. The van der Waals surface area contributed by atoms with Gasteiger partial charge >= 0.3 is 0 Å². The van der Waals surface area contributed by atoms with E-state index in [4.69, 9.17) is 0 Å². The fraction of sp³-hybridized carbons (Fsp3) is 0.467. The molecule has 20 heavy (non-hydrogen) atoms. The second kappa shape index (κ2) is 7.02. The average Bonchev–Trinajstić information content (AvgIpc) is 2.36. The largest absolute Gasteiger partial charge is 0.313 e. The number of nitrogens with one attached hydrogen (secondary N) is 1. The molecule has 0 bridgehead atoms. The molecule has 0 unspecified atom stereocenters. The highest BCUT2D eigenvalue weighted by molar-refractivity contribution is 7.89. The molecule has 1 N–H and O–H groups in total. The lowest BCUT2D eigenvalue weighted by molar-refractivity contribution is 0.492. The molecular weight excluding hydrogens is 272 g/mol. The summed E-state index contributed by atoms with van der Waals surface area (Å²) in [6.07, 6.45) is 0. The highest BCUT2D eigenvalue weighted by Gasteiger charge is 2.22. The molecule has 0 saturated carbocycles. The van der Waals surface area contributed by atoms with Crippen molar-refractivity contribution in [2.24, 2.45) is 0 Å². The zero-order valence-corrected chi connectivity index (χ0v) is 13.5. The molecule has 0 saturated heterocycles. The number of aryl methyl sites for hydroxylation is 1. The van der Waals surface area contributed by atoms with E-state index in [0.29, 0.717) is 18.0 Å². The van der Waals surface area contributed by atoms with Crippen LogP contribution in [-0.2, 0) is 16.6 Å². The molecule has 0 heterocycles. The maximum atomic E-state index is 12.6. The van der Waals surface area contributed by atoms with Crippen LogP contribution in [0.1, 0.15) is 25.0 Å². The Morgan fingerprint density at radius 3 is 2.60 bits per heavy atom. The van der Waals surface area contributed by atoms with Gasteiger partial charge in [-0.1, -0.05) is 31.2 Å². The van der Waals surface area contributed by atoms with Crippen LogP contribution in [0.4, 0.5) is 0 Å². The number of nitrogens with zero attached hydrogens (tertiary/aromatic N) is 1. The molecule has 4 nitrogen and oxygen atoms in total. The maximum absolute atomic E-state index is 12.6. The summed E-state index contributed by atoms with van der Waals surface area (Å²) in [6, 6.07) is 5.56. The van der Waals surface area contributed by atoms with E-state index in [1.165, 1.54) is 4.31 Å². The van der Waals surface area contributed by atoms with Gasteiger partial charge in [-0.25, -0.2) is 8.42 Å². The van der Waals surface area contributed by atoms with Crippen molar-refractivity contribution in [1.82, 2.24) is 9.62 Å². The van der Waals surface area contributed by atoms with Gasteiger partial charge in [-0.3, -0.25) is 0 Å². The fourth-order valence-corrected chi connectivity index (χ4v) is 3.44. The lowest BCUT2D eigenvalue weighted by Crippen LogP contribution is -2.29. The molecule has 0 aliphatic rings. The molecule has 0 atom stereocenters. The van der Waals surface area contributed by atoms with Crippen LogP contribution in [0.3, 0.4) is 0 Å². The quantitative estimate of drug-likeness (QED) is 0.786. The minimum atomic E-state index is -3.47. The molecule has 5 heteroatoms. The third-order valence-corrected chi connectivity index (χ3v) is 4.96. The van der Waals surface area contributed by atoms with Crippen LogP contribution >= 0.6 is 0 Å².